The number of carbonyl (C=O) groups excluding carboxylic acids is 1. The molecule has 140 valence electrons. The summed E-state index contributed by atoms with van der Waals surface area (Å²) in [5.41, 5.74) is 4.52. The van der Waals surface area contributed by atoms with Crippen LogP contribution >= 0.6 is 12.2 Å². The molecule has 0 aromatic heterocycles. The molecule has 1 fully saturated rings. The van der Waals surface area contributed by atoms with Gasteiger partial charge in [-0.2, -0.15) is 0 Å². The molecule has 0 saturated carbocycles. The van der Waals surface area contributed by atoms with E-state index >= 15 is 0 Å². The first-order valence-electron chi connectivity index (χ1n) is 8.67. The molecule has 27 heavy (non-hydrogen) atoms. The van der Waals surface area contributed by atoms with Gasteiger partial charge in [0.05, 0.1) is 13.2 Å². The number of anilines is 1. The van der Waals surface area contributed by atoms with Gasteiger partial charge in [-0.05, 0) is 67.0 Å². The molecule has 3 rings (SSSR count). The van der Waals surface area contributed by atoms with E-state index in [1.54, 1.807) is 7.11 Å². The Morgan fingerprint density at radius 1 is 1.19 bits per heavy atom. The van der Waals surface area contributed by atoms with Gasteiger partial charge in [-0.1, -0.05) is 24.8 Å². The molecule has 1 amide bonds. The summed E-state index contributed by atoms with van der Waals surface area (Å²) in [6.45, 7) is 8.09. The fourth-order valence-electron chi connectivity index (χ4n) is 3.14. The van der Waals surface area contributed by atoms with Crippen LogP contribution in [-0.4, -0.2) is 18.1 Å². The predicted octanol–water partition coefficient (Wildman–Crippen LogP) is 3.60. The van der Waals surface area contributed by atoms with E-state index in [-0.39, 0.29) is 11.9 Å². The minimum atomic E-state index is -0.537. The van der Waals surface area contributed by atoms with Crippen molar-refractivity contribution in [1.82, 2.24) is 10.6 Å². The van der Waals surface area contributed by atoms with Gasteiger partial charge in [-0.15, -0.1) is 0 Å². The average Bonchev–Trinajstić information content (AvgIpc) is 2.64. The summed E-state index contributed by atoms with van der Waals surface area (Å²) in [4.78, 5) is 13.1. The Morgan fingerprint density at radius 2 is 1.96 bits per heavy atom. The predicted molar refractivity (Wildman–Crippen MR) is 112 cm³/mol. The first-order chi connectivity index (χ1) is 12.9. The van der Waals surface area contributed by atoms with E-state index in [9.17, 15) is 4.79 Å². The van der Waals surface area contributed by atoms with E-state index in [1.807, 2.05) is 56.3 Å². The molecule has 5 nitrogen and oxygen atoms in total. The lowest BCUT2D eigenvalue weighted by atomic mass is 9.88. The fourth-order valence-corrected chi connectivity index (χ4v) is 3.40. The lowest BCUT2D eigenvalue weighted by Gasteiger charge is -2.35. The van der Waals surface area contributed by atoms with Crippen LogP contribution < -0.4 is 20.7 Å². The number of ether oxygens (including phenoxy) is 1. The minimum absolute atomic E-state index is 0.154. The molecule has 3 N–H and O–H groups in total. The molecule has 2 atom stereocenters. The van der Waals surface area contributed by atoms with Crippen molar-refractivity contribution in [2.24, 2.45) is 5.92 Å². The van der Waals surface area contributed by atoms with Crippen LogP contribution in [0.2, 0.25) is 0 Å². The number of hydrogen-bond acceptors (Lipinski definition) is 3. The van der Waals surface area contributed by atoms with Crippen LogP contribution in [0.25, 0.3) is 0 Å². The molecule has 0 aliphatic carbocycles. The molecule has 1 heterocycles. The van der Waals surface area contributed by atoms with Crippen LogP contribution in [0.4, 0.5) is 5.69 Å². The van der Waals surface area contributed by atoms with Crippen molar-refractivity contribution in [3.8, 4) is 5.75 Å². The fraction of sp³-hybridized carbons (Fsp3) is 0.238. The number of amides is 1. The van der Waals surface area contributed by atoms with Crippen molar-refractivity contribution < 1.29 is 9.53 Å². The van der Waals surface area contributed by atoms with Crippen molar-refractivity contribution in [1.29, 1.82) is 0 Å². The van der Waals surface area contributed by atoms with Gasteiger partial charge >= 0.3 is 0 Å². The zero-order valence-electron chi connectivity index (χ0n) is 15.6. The van der Waals surface area contributed by atoms with Gasteiger partial charge in [-0.3, -0.25) is 4.79 Å². The van der Waals surface area contributed by atoms with Crippen molar-refractivity contribution in [3.05, 3.63) is 71.4 Å². The number of carbonyl (C=O) groups is 1. The van der Waals surface area contributed by atoms with E-state index in [1.165, 1.54) is 5.56 Å². The highest BCUT2D eigenvalue weighted by atomic mass is 32.1. The highest BCUT2D eigenvalue weighted by Crippen LogP contribution is 2.32. The van der Waals surface area contributed by atoms with Crippen LogP contribution in [-0.2, 0) is 4.79 Å². The van der Waals surface area contributed by atoms with Gasteiger partial charge in [-0.25, -0.2) is 0 Å². The molecule has 1 aliphatic heterocycles. The maximum absolute atomic E-state index is 13.1. The number of hydrogen-bond donors (Lipinski definition) is 3. The van der Waals surface area contributed by atoms with Gasteiger partial charge in [0.15, 0.2) is 5.11 Å². The number of nitrogens with one attached hydrogen (secondary N) is 3. The first kappa shape index (κ1) is 18.9. The summed E-state index contributed by atoms with van der Waals surface area (Å²) in [5.74, 6) is 0.0293. The van der Waals surface area contributed by atoms with E-state index < -0.39 is 5.92 Å². The maximum atomic E-state index is 13.1. The summed E-state index contributed by atoms with van der Waals surface area (Å²) in [5, 5.41) is 9.62. The Balaban J connectivity index is 1.90. The summed E-state index contributed by atoms with van der Waals surface area (Å²) < 4.78 is 5.32. The molecule has 2 aromatic carbocycles. The van der Waals surface area contributed by atoms with Crippen molar-refractivity contribution in [3.63, 3.8) is 0 Å². The summed E-state index contributed by atoms with van der Waals surface area (Å²) in [7, 11) is 1.61. The molecule has 0 unspecified atom stereocenters. The minimum Gasteiger partial charge on any atom is -0.497 e. The molecule has 1 aliphatic rings. The smallest absolute Gasteiger partial charge is 0.235 e. The van der Waals surface area contributed by atoms with Crippen LogP contribution in [0, 0.1) is 19.8 Å². The first-order valence-corrected chi connectivity index (χ1v) is 9.08. The standard InChI is InChI=1S/C21H23N3O2S/c1-12-8-9-16(10-13(12)2)23-20(25)18-14(3)22-21(27)24-19(18)15-6-5-7-17(11-15)26-4/h5-11,18-19H,3H2,1-2,4H3,(H,23,25)(H2,22,24,27)/t18-,19-/m1/s1. The number of thiocarbonyl (C=S) groups is 1. The third-order valence-electron chi connectivity index (χ3n) is 4.78. The highest BCUT2D eigenvalue weighted by Gasteiger charge is 2.36. The zero-order chi connectivity index (χ0) is 19.6. The van der Waals surface area contributed by atoms with Crippen molar-refractivity contribution >= 4 is 28.9 Å². The Kier molecular flexibility index (Phi) is 5.46. The quantitative estimate of drug-likeness (QED) is 0.707. The molecule has 0 radical (unpaired) electrons. The Bertz CT molecular complexity index is 910. The number of benzene rings is 2. The molecule has 0 spiro atoms. The van der Waals surface area contributed by atoms with Gasteiger partial charge in [0.1, 0.15) is 11.7 Å². The topological polar surface area (TPSA) is 62.4 Å². The normalized spacial score (nSPS) is 19.1. The Morgan fingerprint density at radius 3 is 2.67 bits per heavy atom. The SMILES string of the molecule is C=C1NC(=S)N[C@H](c2cccc(OC)c2)[C@@H]1C(=O)Nc1ccc(C)c(C)c1. The second kappa shape index (κ2) is 7.80. The second-order valence-electron chi connectivity index (χ2n) is 6.64. The number of aryl methyl sites for hydroxylation is 2. The van der Waals surface area contributed by atoms with E-state index in [2.05, 4.69) is 22.5 Å². The molecular weight excluding hydrogens is 358 g/mol. The van der Waals surface area contributed by atoms with Gasteiger partial charge in [0.2, 0.25) is 5.91 Å². The third-order valence-corrected chi connectivity index (χ3v) is 5.00. The van der Waals surface area contributed by atoms with Gasteiger partial charge in [0, 0.05) is 11.4 Å². The lowest BCUT2D eigenvalue weighted by molar-refractivity contribution is -0.119. The lowest BCUT2D eigenvalue weighted by Crippen LogP contribution is -2.51. The van der Waals surface area contributed by atoms with Gasteiger partial charge in [0.25, 0.3) is 0 Å². The van der Waals surface area contributed by atoms with E-state index in [0.717, 1.165) is 22.6 Å². The monoisotopic (exact) mass is 381 g/mol. The van der Waals surface area contributed by atoms with Crippen LogP contribution in [0.5, 0.6) is 5.75 Å². The number of methoxy groups -OCH3 is 1. The highest BCUT2D eigenvalue weighted by molar-refractivity contribution is 7.80. The second-order valence-corrected chi connectivity index (χ2v) is 7.05. The third kappa shape index (κ3) is 4.11. The number of rotatable bonds is 4. The average molecular weight is 382 g/mol. The van der Waals surface area contributed by atoms with E-state index in [0.29, 0.717) is 10.8 Å². The van der Waals surface area contributed by atoms with Crippen LogP contribution in [0.1, 0.15) is 22.7 Å². The Hall–Kier alpha value is -2.86. The Labute approximate surface area is 164 Å². The summed E-state index contributed by atoms with van der Waals surface area (Å²) >= 11 is 5.28. The van der Waals surface area contributed by atoms with Crippen molar-refractivity contribution in [2.45, 2.75) is 19.9 Å². The largest absolute Gasteiger partial charge is 0.497 e. The van der Waals surface area contributed by atoms with Gasteiger partial charge < -0.3 is 20.7 Å². The summed E-state index contributed by atoms with van der Waals surface area (Å²) in [6, 6.07) is 13.1. The van der Waals surface area contributed by atoms with Crippen molar-refractivity contribution in [2.75, 3.05) is 12.4 Å². The maximum Gasteiger partial charge on any atom is 0.235 e. The van der Waals surface area contributed by atoms with Crippen LogP contribution in [0.3, 0.4) is 0 Å². The van der Waals surface area contributed by atoms with E-state index in [4.69, 9.17) is 17.0 Å². The molecule has 1 saturated heterocycles. The molecular formula is C21H23N3O2S. The molecule has 0 bridgehead atoms. The molecule has 2 aromatic rings. The van der Waals surface area contributed by atoms with Crippen LogP contribution in [0.15, 0.2) is 54.7 Å². The molecule has 6 heteroatoms. The summed E-state index contributed by atoms with van der Waals surface area (Å²) in [6.07, 6.45) is 0. The zero-order valence-corrected chi connectivity index (χ0v) is 16.4.